The first-order chi connectivity index (χ1) is 10.2. The number of nitrogens with zero attached hydrogens (tertiary/aromatic N) is 2. The van der Waals surface area contributed by atoms with E-state index in [1.807, 2.05) is 0 Å². The van der Waals surface area contributed by atoms with Crippen molar-refractivity contribution in [2.24, 2.45) is 0 Å². The van der Waals surface area contributed by atoms with Gasteiger partial charge in [-0.1, -0.05) is 12.1 Å². The van der Waals surface area contributed by atoms with E-state index >= 15 is 0 Å². The summed E-state index contributed by atoms with van der Waals surface area (Å²) in [5.41, 5.74) is 7.13. The summed E-state index contributed by atoms with van der Waals surface area (Å²) in [6, 6.07) is 7.62. The van der Waals surface area contributed by atoms with Gasteiger partial charge in [0.1, 0.15) is 5.82 Å². The molecule has 0 unspecified atom stereocenters. The number of anilines is 1. The van der Waals surface area contributed by atoms with Gasteiger partial charge in [-0.3, -0.25) is 0 Å². The van der Waals surface area contributed by atoms with E-state index in [0.717, 1.165) is 4.31 Å². The Kier molecular flexibility index (Phi) is 4.52. The van der Waals surface area contributed by atoms with Gasteiger partial charge in [-0.25, -0.2) is 17.7 Å². The minimum absolute atomic E-state index is 0.158. The van der Waals surface area contributed by atoms with Crippen LogP contribution in [0, 0.1) is 0 Å². The normalized spacial score (nSPS) is 11.7. The second-order valence-electron chi connectivity index (χ2n) is 4.89. The molecule has 0 saturated heterocycles. The van der Waals surface area contributed by atoms with Crippen LogP contribution in [-0.4, -0.2) is 49.0 Å². The number of hydrogen-bond donors (Lipinski definition) is 3. The Morgan fingerprint density at radius 1 is 1.18 bits per heavy atom. The molecular weight excluding hydrogens is 305 g/mol. The minimum atomic E-state index is -3.50. The summed E-state index contributed by atoms with van der Waals surface area (Å²) < 4.78 is 25.2. The Bertz CT molecular complexity index is 776. The van der Waals surface area contributed by atoms with Crippen molar-refractivity contribution in [3.05, 3.63) is 36.5 Å². The molecule has 0 saturated carbocycles. The van der Waals surface area contributed by atoms with Gasteiger partial charge in [0.2, 0.25) is 10.0 Å². The van der Waals surface area contributed by atoms with Crippen molar-refractivity contribution in [2.45, 2.75) is 4.90 Å². The van der Waals surface area contributed by atoms with Crippen LogP contribution in [0.4, 0.5) is 5.82 Å². The van der Waals surface area contributed by atoms with Crippen LogP contribution < -0.4 is 11.2 Å². The molecule has 7 nitrogen and oxygen atoms in total. The molecule has 4 N–H and O–H groups in total. The molecular formula is C13H16BN3O4S. The molecule has 22 heavy (non-hydrogen) atoms. The molecule has 0 aliphatic rings. The molecule has 0 spiro atoms. The SMILES string of the molecule is CN(C)S(=O)(=O)c1ccc(-c2cc(B(O)O)cnc2N)cc1. The van der Waals surface area contributed by atoms with E-state index in [2.05, 4.69) is 4.98 Å². The third-order valence-electron chi connectivity index (χ3n) is 3.18. The summed E-state index contributed by atoms with van der Waals surface area (Å²) in [6.45, 7) is 0. The zero-order valence-electron chi connectivity index (χ0n) is 12.1. The minimum Gasteiger partial charge on any atom is -0.423 e. The van der Waals surface area contributed by atoms with Gasteiger partial charge in [-0.2, -0.15) is 0 Å². The first-order valence-corrected chi connectivity index (χ1v) is 7.82. The average Bonchev–Trinajstić information content (AvgIpc) is 2.47. The maximum Gasteiger partial charge on any atom is 0.490 e. The van der Waals surface area contributed by atoms with Gasteiger partial charge in [0, 0.05) is 31.3 Å². The highest BCUT2D eigenvalue weighted by Gasteiger charge is 2.18. The monoisotopic (exact) mass is 321 g/mol. The maximum atomic E-state index is 12.0. The molecule has 0 bridgehead atoms. The maximum absolute atomic E-state index is 12.0. The van der Waals surface area contributed by atoms with Crippen molar-refractivity contribution in [3.63, 3.8) is 0 Å². The quantitative estimate of drug-likeness (QED) is 0.639. The fourth-order valence-corrected chi connectivity index (χ4v) is 2.78. The van der Waals surface area contributed by atoms with Gasteiger partial charge in [0.05, 0.1) is 4.90 Å². The summed E-state index contributed by atoms with van der Waals surface area (Å²) in [6.07, 6.45) is 1.27. The molecule has 1 aromatic heterocycles. The smallest absolute Gasteiger partial charge is 0.423 e. The fourth-order valence-electron chi connectivity index (χ4n) is 1.88. The Morgan fingerprint density at radius 2 is 1.77 bits per heavy atom. The lowest BCUT2D eigenvalue weighted by Gasteiger charge is -2.12. The van der Waals surface area contributed by atoms with Crippen LogP contribution in [0.2, 0.25) is 0 Å². The molecule has 1 heterocycles. The number of pyridine rings is 1. The second kappa shape index (κ2) is 6.05. The molecule has 0 amide bonds. The number of sulfonamides is 1. The van der Waals surface area contributed by atoms with E-state index in [-0.39, 0.29) is 16.2 Å². The highest BCUT2D eigenvalue weighted by atomic mass is 32.2. The molecule has 9 heteroatoms. The molecule has 0 aliphatic heterocycles. The van der Waals surface area contributed by atoms with E-state index in [0.29, 0.717) is 11.1 Å². The van der Waals surface area contributed by atoms with E-state index in [9.17, 15) is 18.5 Å². The Hall–Kier alpha value is -1.94. The lowest BCUT2D eigenvalue weighted by Crippen LogP contribution is -2.30. The van der Waals surface area contributed by atoms with E-state index in [1.54, 1.807) is 12.1 Å². The third kappa shape index (κ3) is 3.12. The lowest BCUT2D eigenvalue weighted by molar-refractivity contribution is 0.425. The molecule has 1 aromatic carbocycles. The highest BCUT2D eigenvalue weighted by Crippen LogP contribution is 2.25. The molecule has 0 fully saturated rings. The number of aromatic nitrogens is 1. The topological polar surface area (TPSA) is 117 Å². The summed E-state index contributed by atoms with van der Waals surface area (Å²) >= 11 is 0. The van der Waals surface area contributed by atoms with E-state index < -0.39 is 17.1 Å². The molecule has 0 aliphatic carbocycles. The Labute approximate surface area is 129 Å². The highest BCUT2D eigenvalue weighted by molar-refractivity contribution is 7.89. The van der Waals surface area contributed by atoms with E-state index in [4.69, 9.17) is 5.73 Å². The van der Waals surface area contributed by atoms with Crippen molar-refractivity contribution in [3.8, 4) is 11.1 Å². The van der Waals surface area contributed by atoms with Crippen molar-refractivity contribution in [2.75, 3.05) is 19.8 Å². The number of rotatable bonds is 4. The van der Waals surface area contributed by atoms with Crippen LogP contribution in [0.3, 0.4) is 0 Å². The molecule has 0 atom stereocenters. The fraction of sp³-hybridized carbons (Fsp3) is 0.154. The number of hydrogen-bond acceptors (Lipinski definition) is 6. The van der Waals surface area contributed by atoms with Crippen molar-refractivity contribution in [1.82, 2.24) is 9.29 Å². The largest absolute Gasteiger partial charge is 0.490 e. The van der Waals surface area contributed by atoms with Crippen LogP contribution >= 0.6 is 0 Å². The van der Waals surface area contributed by atoms with Gasteiger partial charge in [-0.15, -0.1) is 0 Å². The number of nitrogens with two attached hydrogens (primary N) is 1. The zero-order chi connectivity index (χ0) is 16.5. The van der Waals surface area contributed by atoms with Crippen LogP contribution in [-0.2, 0) is 10.0 Å². The number of nitrogen functional groups attached to an aromatic ring is 1. The summed E-state index contributed by atoms with van der Waals surface area (Å²) in [5.74, 6) is 0.215. The van der Waals surface area contributed by atoms with Crippen molar-refractivity contribution in [1.29, 1.82) is 0 Å². The number of benzene rings is 1. The lowest BCUT2D eigenvalue weighted by atomic mass is 9.80. The van der Waals surface area contributed by atoms with Gasteiger partial charge in [0.25, 0.3) is 0 Å². The standard InChI is InChI=1S/C13H16BN3O4S/c1-17(2)22(20,21)11-5-3-9(4-6-11)12-7-10(14(18)19)8-16-13(12)15/h3-8,18-19H,1-2H3,(H2,15,16). The first-order valence-electron chi connectivity index (χ1n) is 6.38. The van der Waals surface area contributed by atoms with Crippen LogP contribution in [0.5, 0.6) is 0 Å². The van der Waals surface area contributed by atoms with Crippen molar-refractivity contribution < 1.29 is 18.5 Å². The predicted octanol–water partition coefficient (Wildman–Crippen LogP) is -0.739. The van der Waals surface area contributed by atoms with Gasteiger partial charge < -0.3 is 15.8 Å². The Balaban J connectivity index is 2.46. The third-order valence-corrected chi connectivity index (χ3v) is 5.01. The summed E-state index contributed by atoms with van der Waals surface area (Å²) in [5, 5.41) is 18.4. The summed E-state index contributed by atoms with van der Waals surface area (Å²) in [4.78, 5) is 4.07. The Morgan fingerprint density at radius 3 is 2.27 bits per heavy atom. The molecule has 2 rings (SSSR count). The van der Waals surface area contributed by atoms with Crippen molar-refractivity contribution >= 4 is 28.4 Å². The predicted molar refractivity (Wildman–Crippen MR) is 84.8 cm³/mol. The first kappa shape index (κ1) is 16.4. The molecule has 116 valence electrons. The molecule has 2 aromatic rings. The second-order valence-corrected chi connectivity index (χ2v) is 7.04. The van der Waals surface area contributed by atoms with Gasteiger partial charge in [-0.05, 0) is 23.8 Å². The van der Waals surface area contributed by atoms with E-state index in [1.165, 1.54) is 38.5 Å². The van der Waals surface area contributed by atoms with Gasteiger partial charge >= 0.3 is 7.12 Å². The van der Waals surface area contributed by atoms with Crippen LogP contribution in [0.15, 0.2) is 41.4 Å². The summed E-state index contributed by atoms with van der Waals surface area (Å²) in [7, 11) is -2.24. The zero-order valence-corrected chi connectivity index (χ0v) is 12.9. The van der Waals surface area contributed by atoms with Gasteiger partial charge in [0.15, 0.2) is 0 Å². The molecule has 0 radical (unpaired) electrons. The van der Waals surface area contributed by atoms with Crippen LogP contribution in [0.1, 0.15) is 0 Å². The average molecular weight is 321 g/mol. The van der Waals surface area contributed by atoms with Crippen LogP contribution in [0.25, 0.3) is 11.1 Å².